The van der Waals surface area contributed by atoms with E-state index in [-0.39, 0.29) is 34.6 Å². The number of aryl methyl sites for hydroxylation is 1. The Morgan fingerprint density at radius 1 is 1.07 bits per heavy atom. The number of benzene rings is 2. The Morgan fingerprint density at radius 3 is 2.57 bits per heavy atom. The lowest BCUT2D eigenvalue weighted by Crippen LogP contribution is -2.46. The van der Waals surface area contributed by atoms with Gasteiger partial charge in [0.2, 0.25) is 0 Å². The number of halogens is 1. The zero-order valence-corrected chi connectivity index (χ0v) is 25.3. The van der Waals surface area contributed by atoms with Gasteiger partial charge in [-0.05, 0) is 67.3 Å². The fourth-order valence-electron chi connectivity index (χ4n) is 6.11. The van der Waals surface area contributed by atoms with E-state index in [4.69, 9.17) is 4.74 Å². The van der Waals surface area contributed by atoms with Gasteiger partial charge in [-0.3, -0.25) is 14.5 Å². The van der Waals surface area contributed by atoms with Crippen LogP contribution in [0.25, 0.3) is 11.6 Å². The first-order chi connectivity index (χ1) is 21.1. The number of morpholine rings is 1. The van der Waals surface area contributed by atoms with Crippen molar-refractivity contribution < 1.29 is 32.2 Å². The van der Waals surface area contributed by atoms with E-state index in [1.165, 1.54) is 36.4 Å². The number of hydrogen-bond acceptors (Lipinski definition) is 7. The molecule has 0 saturated carbocycles. The van der Waals surface area contributed by atoms with Crippen LogP contribution >= 0.6 is 0 Å². The smallest absolute Gasteiger partial charge is 0.256 e. The van der Waals surface area contributed by atoms with Crippen LogP contribution in [0.2, 0.25) is 0 Å². The molecule has 0 radical (unpaired) electrons. The SMILES string of the molecule is Cc1c(/C=C2\C(=O)Nc3ccc(S(=O)(=O)Cc4ccc(F)cc4)cc32)[nH]c2c1C(=O)N(C[C@@H](O)CN1CCOCC1)CCC2. The van der Waals surface area contributed by atoms with E-state index in [2.05, 4.69) is 15.2 Å². The first-order valence-corrected chi connectivity index (χ1v) is 16.4. The van der Waals surface area contributed by atoms with Gasteiger partial charge >= 0.3 is 0 Å². The highest BCUT2D eigenvalue weighted by molar-refractivity contribution is 7.90. The maximum Gasteiger partial charge on any atom is 0.256 e. The molecule has 6 rings (SSSR count). The molecule has 10 nitrogen and oxygen atoms in total. The summed E-state index contributed by atoms with van der Waals surface area (Å²) >= 11 is 0. The Morgan fingerprint density at radius 2 is 1.82 bits per heavy atom. The van der Waals surface area contributed by atoms with Crippen LogP contribution in [0.1, 0.15) is 44.9 Å². The number of aromatic nitrogens is 1. The van der Waals surface area contributed by atoms with Gasteiger partial charge in [0, 0.05) is 55.4 Å². The number of fused-ring (bicyclic) bond motifs is 2. The number of amides is 2. The summed E-state index contributed by atoms with van der Waals surface area (Å²) in [7, 11) is -3.79. The van der Waals surface area contributed by atoms with E-state index in [0.29, 0.717) is 66.4 Å². The number of anilines is 1. The van der Waals surface area contributed by atoms with E-state index in [9.17, 15) is 27.5 Å². The molecule has 1 saturated heterocycles. The third-order valence-electron chi connectivity index (χ3n) is 8.42. The largest absolute Gasteiger partial charge is 0.390 e. The second-order valence-corrected chi connectivity index (χ2v) is 13.5. The highest BCUT2D eigenvalue weighted by Gasteiger charge is 2.31. The molecule has 3 aliphatic rings. The van der Waals surface area contributed by atoms with Gasteiger partial charge in [0.1, 0.15) is 5.82 Å². The van der Waals surface area contributed by atoms with Crippen LogP contribution in [0.3, 0.4) is 0 Å². The van der Waals surface area contributed by atoms with Crippen molar-refractivity contribution in [3.8, 4) is 0 Å². The minimum Gasteiger partial charge on any atom is -0.390 e. The average molecular weight is 623 g/mol. The number of aliphatic hydroxyl groups excluding tert-OH is 1. The summed E-state index contributed by atoms with van der Waals surface area (Å²) in [4.78, 5) is 33.9. The zero-order chi connectivity index (χ0) is 31.0. The first kappa shape index (κ1) is 30.2. The number of H-pyrrole nitrogens is 1. The number of carbonyl (C=O) groups excluding carboxylic acids is 2. The number of nitrogens with zero attached hydrogens (tertiary/aromatic N) is 2. The number of hydrogen-bond donors (Lipinski definition) is 3. The Labute approximate surface area is 255 Å². The second-order valence-electron chi connectivity index (χ2n) is 11.5. The number of rotatable bonds is 8. The summed E-state index contributed by atoms with van der Waals surface area (Å²) in [5.74, 6) is -1.30. The molecule has 2 aromatic carbocycles. The molecular formula is C32H35FN4O6S. The van der Waals surface area contributed by atoms with Gasteiger partial charge in [0.15, 0.2) is 9.84 Å². The molecule has 1 fully saturated rings. The summed E-state index contributed by atoms with van der Waals surface area (Å²) in [5.41, 5.74) is 4.27. The molecule has 0 bridgehead atoms. The fraction of sp³-hybridized carbons (Fsp3) is 0.375. The number of β-amino-alcohol motifs (C(OH)–C–C–N with tert-alkyl or cyclic N) is 1. The molecule has 0 unspecified atom stereocenters. The van der Waals surface area contributed by atoms with Gasteiger partial charge in [0.25, 0.3) is 11.8 Å². The number of aliphatic hydroxyl groups is 1. The Bertz CT molecular complexity index is 1730. The van der Waals surface area contributed by atoms with Crippen molar-refractivity contribution in [2.75, 3.05) is 51.3 Å². The molecular weight excluding hydrogens is 587 g/mol. The molecule has 3 aliphatic heterocycles. The maximum atomic E-state index is 13.7. The number of carbonyl (C=O) groups is 2. The summed E-state index contributed by atoms with van der Waals surface area (Å²) in [6.45, 7) is 5.82. The molecule has 3 N–H and O–H groups in total. The predicted molar refractivity (Wildman–Crippen MR) is 163 cm³/mol. The van der Waals surface area contributed by atoms with E-state index in [0.717, 1.165) is 25.2 Å². The highest BCUT2D eigenvalue weighted by atomic mass is 32.2. The molecule has 232 valence electrons. The van der Waals surface area contributed by atoms with Crippen molar-refractivity contribution in [3.63, 3.8) is 0 Å². The van der Waals surface area contributed by atoms with Crippen molar-refractivity contribution >= 4 is 39.0 Å². The monoisotopic (exact) mass is 622 g/mol. The minimum atomic E-state index is -3.79. The summed E-state index contributed by atoms with van der Waals surface area (Å²) < 4.78 is 45.1. The van der Waals surface area contributed by atoms with Crippen molar-refractivity contribution in [1.82, 2.24) is 14.8 Å². The van der Waals surface area contributed by atoms with Gasteiger partial charge < -0.3 is 25.0 Å². The van der Waals surface area contributed by atoms with Crippen LogP contribution in [0.4, 0.5) is 10.1 Å². The Kier molecular flexibility index (Phi) is 8.42. The molecule has 1 atom stereocenters. The van der Waals surface area contributed by atoms with E-state index < -0.39 is 21.8 Å². The number of aromatic amines is 1. The van der Waals surface area contributed by atoms with Gasteiger partial charge in [-0.25, -0.2) is 12.8 Å². The second kappa shape index (κ2) is 12.3. The Balaban J connectivity index is 1.25. The quantitative estimate of drug-likeness (QED) is 0.329. The molecule has 44 heavy (non-hydrogen) atoms. The molecule has 4 heterocycles. The molecule has 0 spiro atoms. The van der Waals surface area contributed by atoms with Crippen molar-refractivity contribution in [2.45, 2.75) is 36.5 Å². The normalized spacial score (nSPS) is 19.1. The summed E-state index contributed by atoms with van der Waals surface area (Å²) in [6, 6.07) is 9.78. The third kappa shape index (κ3) is 6.20. The predicted octanol–water partition coefficient (Wildman–Crippen LogP) is 3.01. The average Bonchev–Trinajstić information content (AvgIpc) is 3.42. The topological polar surface area (TPSA) is 132 Å². The van der Waals surface area contributed by atoms with Crippen molar-refractivity contribution in [3.05, 3.63) is 81.9 Å². The van der Waals surface area contributed by atoms with Gasteiger partial charge in [-0.2, -0.15) is 0 Å². The molecule has 0 aliphatic carbocycles. The zero-order valence-electron chi connectivity index (χ0n) is 24.4. The lowest BCUT2D eigenvalue weighted by Gasteiger charge is -2.31. The fourth-order valence-corrected chi connectivity index (χ4v) is 7.48. The lowest BCUT2D eigenvalue weighted by atomic mass is 10.0. The maximum absolute atomic E-state index is 13.7. The summed E-state index contributed by atoms with van der Waals surface area (Å²) in [6.07, 6.45) is 2.33. The minimum absolute atomic E-state index is 0.0448. The van der Waals surface area contributed by atoms with Crippen molar-refractivity contribution in [1.29, 1.82) is 0 Å². The van der Waals surface area contributed by atoms with E-state index in [1.54, 1.807) is 17.0 Å². The highest BCUT2D eigenvalue weighted by Crippen LogP contribution is 2.36. The van der Waals surface area contributed by atoms with E-state index >= 15 is 0 Å². The standard InChI is InChI=1S/C32H35FN4O6S/c1-20-29(34-28-3-2-10-37(32(40)30(20)28)18-23(38)17-36-11-13-43-14-12-36)16-26-25-15-24(8-9-27(25)35-31(26)39)44(41,42)19-21-4-6-22(33)7-5-21/h4-9,15-16,23,34,38H,2-3,10-14,17-19H2,1H3,(H,35,39)/b26-16-/t23-/m0/s1. The molecule has 1 aromatic heterocycles. The summed E-state index contributed by atoms with van der Waals surface area (Å²) in [5, 5.41) is 13.6. The third-order valence-corrected chi connectivity index (χ3v) is 10.1. The molecule has 3 aromatic rings. The Hall–Kier alpha value is -3.84. The first-order valence-electron chi connectivity index (χ1n) is 14.7. The lowest BCUT2D eigenvalue weighted by molar-refractivity contribution is -0.110. The van der Waals surface area contributed by atoms with Crippen LogP contribution in [-0.4, -0.2) is 92.2 Å². The van der Waals surface area contributed by atoms with Gasteiger partial charge in [0.05, 0.1) is 41.1 Å². The number of nitrogens with one attached hydrogen (secondary N) is 2. The number of sulfone groups is 1. The number of ether oxygens (including phenoxy) is 1. The molecule has 12 heteroatoms. The van der Waals surface area contributed by atoms with Gasteiger partial charge in [-0.1, -0.05) is 12.1 Å². The molecule has 2 amide bonds. The van der Waals surface area contributed by atoms with Crippen molar-refractivity contribution in [2.24, 2.45) is 0 Å². The van der Waals surface area contributed by atoms with Crippen LogP contribution in [0, 0.1) is 12.7 Å². The van der Waals surface area contributed by atoms with Crippen LogP contribution in [-0.2, 0) is 31.5 Å². The van der Waals surface area contributed by atoms with Crippen LogP contribution in [0.5, 0.6) is 0 Å². The van der Waals surface area contributed by atoms with Crippen LogP contribution in [0.15, 0.2) is 47.4 Å². The van der Waals surface area contributed by atoms with Crippen LogP contribution < -0.4 is 5.32 Å². The van der Waals surface area contributed by atoms with Gasteiger partial charge in [-0.15, -0.1) is 0 Å². The van der Waals surface area contributed by atoms with E-state index in [1.807, 2.05) is 6.92 Å².